The number of nitrogens with one attached hydrogen (secondary N) is 2. The SMILES string of the molecule is CN1CCCC/C=C\[C@@H]2C[C@@]2(C(=O)NS(=O)(=O)C2(C)CC2)NC(=O)[C@@H]2CCC[C@H]2C1=O. The van der Waals surface area contributed by atoms with E-state index in [1.54, 1.807) is 18.9 Å². The standard InChI is InChI=1S/C22H33N3O5S/c1-21(11-12-21)31(29,30)24-20(28)22-14-15(22)8-5-3-4-6-13-25(2)19(27)17-10-7-9-16(17)18(26)23-22/h5,8,15-17H,3-4,6-7,9-14H2,1-2H3,(H,23,26)(H,24,28)/b8-5-/t15-,16-,17-,22-/m1/s1. The number of rotatable bonds is 3. The highest BCUT2D eigenvalue weighted by Gasteiger charge is 2.62. The third kappa shape index (κ3) is 4.13. The lowest BCUT2D eigenvalue weighted by atomic mass is 9.93. The molecule has 1 heterocycles. The van der Waals surface area contributed by atoms with Crippen molar-refractivity contribution in [2.24, 2.45) is 17.8 Å². The van der Waals surface area contributed by atoms with E-state index in [9.17, 15) is 22.8 Å². The van der Waals surface area contributed by atoms with Gasteiger partial charge in [-0.2, -0.15) is 0 Å². The van der Waals surface area contributed by atoms with Gasteiger partial charge in [0.05, 0.1) is 4.75 Å². The van der Waals surface area contributed by atoms with Crippen LogP contribution in [0.1, 0.15) is 64.7 Å². The van der Waals surface area contributed by atoms with Crippen molar-refractivity contribution in [1.29, 1.82) is 0 Å². The fraction of sp³-hybridized carbons (Fsp3) is 0.773. The summed E-state index contributed by atoms with van der Waals surface area (Å²) < 4.78 is 26.6. The van der Waals surface area contributed by atoms with Gasteiger partial charge in [-0.1, -0.05) is 18.6 Å². The lowest BCUT2D eigenvalue weighted by Crippen LogP contribution is -2.55. The minimum atomic E-state index is -3.79. The molecule has 3 fully saturated rings. The highest BCUT2D eigenvalue weighted by atomic mass is 32.2. The average Bonchev–Trinajstić information content (AvgIpc) is 3.56. The summed E-state index contributed by atoms with van der Waals surface area (Å²) in [6.45, 7) is 2.30. The first-order valence-corrected chi connectivity index (χ1v) is 12.9. The zero-order chi connectivity index (χ0) is 22.4. The van der Waals surface area contributed by atoms with Crippen LogP contribution in [0.2, 0.25) is 0 Å². The fourth-order valence-corrected chi connectivity index (χ4v) is 6.22. The minimum absolute atomic E-state index is 0.0136. The molecule has 0 aromatic rings. The molecule has 0 aromatic carbocycles. The molecular weight excluding hydrogens is 418 g/mol. The van der Waals surface area contributed by atoms with E-state index in [0.717, 1.165) is 25.7 Å². The van der Waals surface area contributed by atoms with Gasteiger partial charge >= 0.3 is 0 Å². The van der Waals surface area contributed by atoms with Gasteiger partial charge in [0.1, 0.15) is 5.54 Å². The van der Waals surface area contributed by atoms with Gasteiger partial charge in [0.25, 0.3) is 5.91 Å². The molecule has 0 unspecified atom stereocenters. The fourth-order valence-electron chi connectivity index (χ4n) is 4.91. The Morgan fingerprint density at radius 1 is 1.16 bits per heavy atom. The maximum absolute atomic E-state index is 13.2. The molecule has 3 aliphatic carbocycles. The van der Waals surface area contributed by atoms with Crippen LogP contribution >= 0.6 is 0 Å². The number of fused-ring (bicyclic) bond motifs is 2. The molecule has 3 amide bonds. The summed E-state index contributed by atoms with van der Waals surface area (Å²) in [6, 6.07) is 0. The molecule has 9 heteroatoms. The molecule has 0 saturated heterocycles. The maximum atomic E-state index is 13.2. The number of amides is 3. The summed E-state index contributed by atoms with van der Waals surface area (Å²) in [5.41, 5.74) is -1.25. The van der Waals surface area contributed by atoms with Crippen LogP contribution in [-0.2, 0) is 24.4 Å². The molecule has 4 atom stereocenters. The second kappa shape index (κ2) is 7.90. The number of hydrogen-bond acceptors (Lipinski definition) is 5. The first kappa shape index (κ1) is 22.3. The predicted molar refractivity (Wildman–Crippen MR) is 115 cm³/mol. The van der Waals surface area contributed by atoms with Crippen LogP contribution in [0.4, 0.5) is 0 Å². The summed E-state index contributed by atoms with van der Waals surface area (Å²) in [7, 11) is -2.01. The van der Waals surface area contributed by atoms with Gasteiger partial charge < -0.3 is 10.2 Å². The Balaban J connectivity index is 1.57. The van der Waals surface area contributed by atoms with Crippen molar-refractivity contribution in [3.8, 4) is 0 Å². The molecule has 31 heavy (non-hydrogen) atoms. The Bertz CT molecular complexity index is 910. The van der Waals surface area contributed by atoms with Crippen LogP contribution in [0.5, 0.6) is 0 Å². The van der Waals surface area contributed by atoms with Crippen molar-refractivity contribution >= 4 is 27.7 Å². The molecule has 172 valence electrons. The van der Waals surface area contributed by atoms with Gasteiger partial charge in [-0.3, -0.25) is 19.1 Å². The topological polar surface area (TPSA) is 113 Å². The van der Waals surface area contributed by atoms with Crippen molar-refractivity contribution in [3.63, 3.8) is 0 Å². The minimum Gasteiger partial charge on any atom is -0.346 e. The number of hydrogen-bond donors (Lipinski definition) is 2. The highest BCUT2D eigenvalue weighted by molar-refractivity contribution is 7.91. The molecule has 0 radical (unpaired) electrons. The zero-order valence-electron chi connectivity index (χ0n) is 18.4. The molecule has 2 N–H and O–H groups in total. The molecule has 0 spiro atoms. The lowest BCUT2D eigenvalue weighted by Gasteiger charge is -2.27. The first-order chi connectivity index (χ1) is 14.6. The second-order valence-corrected chi connectivity index (χ2v) is 12.2. The molecule has 8 nitrogen and oxygen atoms in total. The van der Waals surface area contributed by atoms with Crippen molar-refractivity contribution in [3.05, 3.63) is 12.2 Å². The monoisotopic (exact) mass is 451 g/mol. The smallest absolute Gasteiger partial charge is 0.259 e. The summed E-state index contributed by atoms with van der Waals surface area (Å²) in [5.74, 6) is -2.09. The summed E-state index contributed by atoms with van der Waals surface area (Å²) >= 11 is 0. The van der Waals surface area contributed by atoms with Crippen LogP contribution in [0.15, 0.2) is 12.2 Å². The van der Waals surface area contributed by atoms with Gasteiger partial charge in [0, 0.05) is 31.3 Å². The predicted octanol–water partition coefficient (Wildman–Crippen LogP) is 1.47. The van der Waals surface area contributed by atoms with E-state index < -0.39 is 32.1 Å². The van der Waals surface area contributed by atoms with Crippen molar-refractivity contribution in [2.45, 2.75) is 75.0 Å². The Kier molecular flexibility index (Phi) is 5.69. The summed E-state index contributed by atoms with van der Waals surface area (Å²) in [4.78, 5) is 41.0. The normalized spacial score (nSPS) is 36.5. The number of carbonyl (C=O) groups is 3. The van der Waals surface area contributed by atoms with Crippen molar-refractivity contribution in [2.75, 3.05) is 13.6 Å². The van der Waals surface area contributed by atoms with Crippen LogP contribution in [-0.4, -0.2) is 54.9 Å². The zero-order valence-corrected chi connectivity index (χ0v) is 19.2. The van der Waals surface area contributed by atoms with E-state index in [1.807, 2.05) is 12.2 Å². The number of carbonyl (C=O) groups excluding carboxylic acids is 3. The summed E-state index contributed by atoms with van der Waals surface area (Å²) in [5, 5.41) is 2.88. The summed E-state index contributed by atoms with van der Waals surface area (Å²) in [6.07, 6.45) is 10.0. The molecule has 0 bridgehead atoms. The van der Waals surface area contributed by atoms with Crippen molar-refractivity contribution < 1.29 is 22.8 Å². The molecule has 0 aromatic heterocycles. The van der Waals surface area contributed by atoms with E-state index in [0.29, 0.717) is 38.6 Å². The van der Waals surface area contributed by atoms with Gasteiger partial charge in [0.2, 0.25) is 21.8 Å². The lowest BCUT2D eigenvalue weighted by molar-refractivity contribution is -0.140. The van der Waals surface area contributed by atoms with E-state index >= 15 is 0 Å². The molecule has 4 rings (SSSR count). The third-order valence-corrected chi connectivity index (χ3v) is 9.78. The van der Waals surface area contributed by atoms with Gasteiger partial charge in [-0.05, 0) is 58.3 Å². The second-order valence-electron chi connectivity index (χ2n) is 9.98. The van der Waals surface area contributed by atoms with Crippen LogP contribution in [0.25, 0.3) is 0 Å². The highest BCUT2D eigenvalue weighted by Crippen LogP contribution is 2.48. The number of sulfonamides is 1. The molecular formula is C22H33N3O5S. The van der Waals surface area contributed by atoms with Gasteiger partial charge in [-0.15, -0.1) is 0 Å². The largest absolute Gasteiger partial charge is 0.346 e. The Labute approximate surface area is 184 Å². The molecule has 1 aliphatic heterocycles. The van der Waals surface area contributed by atoms with Crippen LogP contribution in [0, 0.1) is 17.8 Å². The Morgan fingerprint density at radius 2 is 1.87 bits per heavy atom. The quantitative estimate of drug-likeness (QED) is 0.631. The Hall–Kier alpha value is -1.90. The first-order valence-electron chi connectivity index (χ1n) is 11.4. The molecule has 4 aliphatic rings. The van der Waals surface area contributed by atoms with E-state index in [4.69, 9.17) is 0 Å². The Morgan fingerprint density at radius 3 is 2.58 bits per heavy atom. The maximum Gasteiger partial charge on any atom is 0.259 e. The van der Waals surface area contributed by atoms with E-state index in [2.05, 4.69) is 10.0 Å². The van der Waals surface area contributed by atoms with Gasteiger partial charge in [0.15, 0.2) is 0 Å². The van der Waals surface area contributed by atoms with Gasteiger partial charge in [-0.25, -0.2) is 8.42 Å². The molecule has 3 saturated carbocycles. The van der Waals surface area contributed by atoms with E-state index in [1.165, 1.54) is 0 Å². The van der Waals surface area contributed by atoms with Crippen LogP contribution in [0.3, 0.4) is 0 Å². The third-order valence-electron chi connectivity index (χ3n) is 7.62. The van der Waals surface area contributed by atoms with E-state index in [-0.39, 0.29) is 23.7 Å². The average molecular weight is 452 g/mol. The van der Waals surface area contributed by atoms with Crippen LogP contribution < -0.4 is 10.0 Å². The number of allylic oxidation sites excluding steroid dienone is 1. The van der Waals surface area contributed by atoms with Crippen molar-refractivity contribution in [1.82, 2.24) is 14.9 Å². The number of nitrogens with zero attached hydrogens (tertiary/aromatic N) is 1.